The van der Waals surface area contributed by atoms with E-state index in [0.29, 0.717) is 68.2 Å². The van der Waals surface area contributed by atoms with Gasteiger partial charge in [-0.15, -0.1) is 0 Å². The molecule has 11 aromatic rings. The van der Waals surface area contributed by atoms with Crippen LogP contribution >= 0.6 is 0 Å². The summed E-state index contributed by atoms with van der Waals surface area (Å²) < 4.78 is 24.0. The topological polar surface area (TPSA) is 209 Å². The van der Waals surface area contributed by atoms with Crippen LogP contribution in [-0.2, 0) is 45.6 Å². The van der Waals surface area contributed by atoms with Crippen LogP contribution in [-0.4, -0.2) is 97.3 Å². The van der Waals surface area contributed by atoms with Crippen molar-refractivity contribution in [2.45, 2.75) is 31.3 Å². The Bertz CT molecular complexity index is 4510. The number of hydrogen-bond acceptors (Lipinski definition) is 11. The maximum Gasteiger partial charge on any atom is 0.354 e. The van der Waals surface area contributed by atoms with Gasteiger partial charge in [0.25, 0.3) is 17.5 Å². The first-order chi connectivity index (χ1) is 43.5. The van der Waals surface area contributed by atoms with Gasteiger partial charge in [-0.3, -0.25) is 24.5 Å². The van der Waals surface area contributed by atoms with Crippen molar-refractivity contribution < 1.29 is 43.0 Å². The lowest BCUT2D eigenvalue weighted by Gasteiger charge is -2.38. The molecule has 3 aliphatic rings. The number of amides is 3. The molecule has 18 heteroatoms. The minimum absolute atomic E-state index is 0.00477. The minimum atomic E-state index is -1.12. The average molecular weight is 1190 g/mol. The quantitative estimate of drug-likeness (QED) is 0.0242. The molecule has 0 spiro atoms. The third-order valence-corrected chi connectivity index (χ3v) is 17.6. The third kappa shape index (κ3) is 10.1. The Hall–Kier alpha value is -11.0. The molecule has 6 heterocycles. The van der Waals surface area contributed by atoms with E-state index in [9.17, 15) is 29.3 Å². The smallest absolute Gasteiger partial charge is 0.354 e. The summed E-state index contributed by atoms with van der Waals surface area (Å²) >= 11 is 0. The molecule has 0 atom stereocenters. The van der Waals surface area contributed by atoms with Crippen LogP contribution in [0.25, 0.3) is 32.7 Å². The molecule has 444 valence electrons. The monoisotopic (exact) mass is 1180 g/mol. The first-order valence-corrected chi connectivity index (χ1v) is 29.5. The maximum atomic E-state index is 14.9. The molecule has 3 amide bonds. The molecule has 0 fully saturated rings. The van der Waals surface area contributed by atoms with E-state index >= 15 is 0 Å². The van der Waals surface area contributed by atoms with E-state index < -0.39 is 16.5 Å². The van der Waals surface area contributed by atoms with E-state index in [-0.39, 0.29) is 49.0 Å². The third-order valence-electron chi connectivity index (χ3n) is 17.6. The van der Waals surface area contributed by atoms with Gasteiger partial charge in [0.15, 0.2) is 0 Å². The van der Waals surface area contributed by atoms with Crippen molar-refractivity contribution in [3.8, 4) is 11.5 Å². The highest BCUT2D eigenvalue weighted by molar-refractivity contribution is 6.14. The van der Waals surface area contributed by atoms with Crippen molar-refractivity contribution in [3.63, 3.8) is 0 Å². The highest BCUT2D eigenvalue weighted by atomic mass is 16.6. The number of rotatable bonds is 18. The molecule has 0 unspecified atom stereocenters. The van der Waals surface area contributed by atoms with Crippen molar-refractivity contribution in [2.24, 2.45) is 0 Å². The Balaban J connectivity index is 0.672. The summed E-state index contributed by atoms with van der Waals surface area (Å²) in [6.07, 6.45) is 2.18. The Morgan fingerprint density at radius 2 is 0.989 bits per heavy atom. The number of nitro groups is 1. The van der Waals surface area contributed by atoms with Crippen molar-refractivity contribution >= 4 is 84.8 Å². The summed E-state index contributed by atoms with van der Waals surface area (Å²) in [6.45, 7) is 1.51. The summed E-state index contributed by atoms with van der Waals surface area (Å²) in [6, 6.07) is 58.8. The fourth-order valence-corrected chi connectivity index (χ4v) is 13.1. The Labute approximate surface area is 510 Å². The van der Waals surface area contributed by atoms with Gasteiger partial charge in [-0.1, -0.05) is 84.9 Å². The first kappa shape index (κ1) is 55.9. The second-order valence-corrected chi connectivity index (χ2v) is 22.5. The van der Waals surface area contributed by atoms with Crippen molar-refractivity contribution in [1.82, 2.24) is 15.0 Å². The van der Waals surface area contributed by atoms with Gasteiger partial charge < -0.3 is 53.5 Å². The number of carbonyl (C=O) groups is 4. The minimum Gasteiger partial charge on any atom is -0.497 e. The number of aromatic amines is 3. The van der Waals surface area contributed by atoms with E-state index in [1.54, 1.807) is 42.2 Å². The number of esters is 1. The molecule has 8 aromatic carbocycles. The predicted octanol–water partition coefficient (Wildman–Crippen LogP) is 12.2. The fourth-order valence-electron chi connectivity index (χ4n) is 13.1. The van der Waals surface area contributed by atoms with Crippen LogP contribution in [0, 0.1) is 10.1 Å². The van der Waals surface area contributed by atoms with Gasteiger partial charge in [0, 0.05) is 93.6 Å². The molecule has 89 heavy (non-hydrogen) atoms. The Morgan fingerprint density at radius 3 is 1.48 bits per heavy atom. The number of non-ortho nitro benzene ring substituents is 1. The Kier molecular flexibility index (Phi) is 14.5. The average Bonchev–Trinajstić information content (AvgIpc) is 1.88. The van der Waals surface area contributed by atoms with Crippen molar-refractivity contribution in [2.75, 3.05) is 73.3 Å². The molecule has 3 N–H and O–H groups in total. The van der Waals surface area contributed by atoms with Gasteiger partial charge in [-0.25, -0.2) is 4.79 Å². The molecule has 0 bridgehead atoms. The number of nitro benzene ring substituents is 1. The SMILES string of the molecule is COc1ccc(C(OCN(CC(=O)N2CCc3c2ccc2[nH]c(C(=O)N4CCc5c4ccc4[nH]c(C(=O)N6CCc7c6ccc6[nH]c(C(=O)OCCc8ccc([N+](=O)[O-])cc8)cc76)cc54)cc32)c2ccccc2)(c2ccccc2)c2ccc(OC)cc2)cc1. The summed E-state index contributed by atoms with van der Waals surface area (Å²) in [5, 5.41) is 13.6. The zero-order valence-electron chi connectivity index (χ0n) is 48.8. The van der Waals surface area contributed by atoms with Gasteiger partial charge in [-0.2, -0.15) is 0 Å². The number of ether oxygens (including phenoxy) is 4. The van der Waals surface area contributed by atoms with E-state index in [2.05, 4.69) is 27.1 Å². The summed E-state index contributed by atoms with van der Waals surface area (Å²) in [5.74, 6) is 0.426. The lowest BCUT2D eigenvalue weighted by atomic mass is 9.80. The van der Waals surface area contributed by atoms with Gasteiger partial charge in [0.05, 0.1) is 32.3 Å². The van der Waals surface area contributed by atoms with Gasteiger partial charge in [-0.05, 0) is 149 Å². The van der Waals surface area contributed by atoms with Crippen LogP contribution in [0.15, 0.2) is 188 Å². The largest absolute Gasteiger partial charge is 0.497 e. The maximum absolute atomic E-state index is 14.9. The number of hydrogen-bond donors (Lipinski definition) is 3. The summed E-state index contributed by atoms with van der Waals surface area (Å²) in [5.41, 5.74) is 11.9. The molecule has 3 aromatic heterocycles. The number of nitrogens with one attached hydrogen (secondary N) is 3. The van der Waals surface area contributed by atoms with Gasteiger partial charge in [0.1, 0.15) is 40.9 Å². The number of nitrogens with zero attached hydrogens (tertiary/aromatic N) is 5. The fraction of sp³-hybridized carbons (Fsp3) is 0.183. The Morgan fingerprint density at radius 1 is 0.539 bits per heavy atom. The zero-order valence-corrected chi connectivity index (χ0v) is 48.8. The van der Waals surface area contributed by atoms with Crippen molar-refractivity contribution in [1.29, 1.82) is 0 Å². The van der Waals surface area contributed by atoms with Crippen LogP contribution in [0.4, 0.5) is 28.4 Å². The van der Waals surface area contributed by atoms with E-state index in [4.69, 9.17) is 18.9 Å². The van der Waals surface area contributed by atoms with Crippen LogP contribution in [0.2, 0.25) is 0 Å². The normalized spacial score (nSPS) is 13.4. The van der Waals surface area contributed by atoms with E-state index in [0.717, 1.165) is 94.4 Å². The standard InChI is InChI=1S/C71H60N8O10/c1-86-50-21-15-46(16-22-50)71(45-9-5-3-6-10-45,47-17-23-51(87-2)24-18-47)89-43-75(48-11-7-4-8-12-48)42-67(80)76-35-31-52-55-39-61(72-58(55)25-28-64(52)76)68(81)77-36-32-53-56-40-62(73-59(56)26-29-65(53)77)69(82)78-37-33-54-57-41-63(74-60(57)27-30-66(54)78)70(83)88-38-34-44-13-19-49(20-14-44)79(84)85/h3-30,39-41,72-74H,31-38,42-43H2,1-2H3. The molecule has 14 rings (SSSR count). The lowest BCUT2D eigenvalue weighted by Crippen LogP contribution is -2.43. The summed E-state index contributed by atoms with van der Waals surface area (Å²) in [4.78, 5) is 85.0. The first-order valence-electron chi connectivity index (χ1n) is 29.5. The zero-order chi connectivity index (χ0) is 60.9. The van der Waals surface area contributed by atoms with Crippen LogP contribution in [0.5, 0.6) is 11.5 Å². The molecule has 0 aliphatic carbocycles. The van der Waals surface area contributed by atoms with E-state index in [1.165, 1.54) is 12.1 Å². The number of aromatic nitrogens is 3. The molecular formula is C71H60N8O10. The molecule has 3 aliphatic heterocycles. The number of methoxy groups -OCH3 is 2. The second kappa shape index (κ2) is 23.0. The molecule has 18 nitrogen and oxygen atoms in total. The molecular weight excluding hydrogens is 1120 g/mol. The number of anilines is 4. The summed E-state index contributed by atoms with van der Waals surface area (Å²) in [7, 11) is 3.28. The van der Waals surface area contributed by atoms with Crippen LogP contribution < -0.4 is 29.1 Å². The molecule has 0 saturated carbocycles. The predicted molar refractivity (Wildman–Crippen MR) is 341 cm³/mol. The number of benzene rings is 8. The number of H-pyrrole nitrogens is 3. The number of carbonyl (C=O) groups excluding carboxylic acids is 4. The van der Waals surface area contributed by atoms with Gasteiger partial charge in [0.2, 0.25) is 5.91 Å². The highest BCUT2D eigenvalue weighted by Gasteiger charge is 2.40. The second-order valence-electron chi connectivity index (χ2n) is 22.5. The van der Waals surface area contributed by atoms with Crippen LogP contribution in [0.1, 0.15) is 70.4 Å². The lowest BCUT2D eigenvalue weighted by molar-refractivity contribution is -0.384. The molecule has 0 radical (unpaired) electrons. The van der Waals surface area contributed by atoms with E-state index in [1.807, 2.05) is 155 Å². The highest BCUT2D eigenvalue weighted by Crippen LogP contribution is 2.44. The van der Waals surface area contributed by atoms with Gasteiger partial charge >= 0.3 is 5.97 Å². The van der Waals surface area contributed by atoms with Crippen LogP contribution in [0.3, 0.4) is 0 Å². The number of fused-ring (bicyclic) bond motifs is 9. The van der Waals surface area contributed by atoms with Crippen molar-refractivity contribution in [3.05, 3.63) is 254 Å². The number of para-hydroxylation sites is 1. The molecule has 0 saturated heterocycles.